The number of amides is 2. The van der Waals surface area contributed by atoms with Crippen LogP contribution < -0.4 is 5.32 Å². The summed E-state index contributed by atoms with van der Waals surface area (Å²) in [5, 5.41) is 3.45. The summed E-state index contributed by atoms with van der Waals surface area (Å²) in [6.45, 7) is 6.34. The Bertz CT molecular complexity index is 431. The van der Waals surface area contributed by atoms with Crippen molar-refractivity contribution in [3.8, 4) is 0 Å². The van der Waals surface area contributed by atoms with Crippen LogP contribution in [0.4, 0.5) is 4.79 Å². The molecule has 1 unspecified atom stereocenters. The summed E-state index contributed by atoms with van der Waals surface area (Å²) < 4.78 is 5.52. The van der Waals surface area contributed by atoms with Gasteiger partial charge in [-0.1, -0.05) is 0 Å². The van der Waals surface area contributed by atoms with Gasteiger partial charge in [0.25, 0.3) is 0 Å². The lowest BCUT2D eigenvalue weighted by Crippen LogP contribution is -2.45. The van der Waals surface area contributed by atoms with Crippen LogP contribution in [0.2, 0.25) is 0 Å². The monoisotopic (exact) mass is 311 g/mol. The molecule has 2 rings (SSSR count). The molecule has 3 atom stereocenters. The fraction of sp³-hybridized carbons (Fsp3) is 0.875. The number of nitrogens with zero attached hydrogens (tertiary/aromatic N) is 2. The summed E-state index contributed by atoms with van der Waals surface area (Å²) in [4.78, 5) is 27.5. The number of carbonyl (C=O) groups is 2. The Morgan fingerprint density at radius 3 is 2.55 bits per heavy atom. The second-order valence-electron chi connectivity index (χ2n) is 7.52. The molecule has 22 heavy (non-hydrogen) atoms. The lowest BCUT2D eigenvalue weighted by atomic mass is 9.95. The van der Waals surface area contributed by atoms with Gasteiger partial charge in [0.15, 0.2) is 0 Å². The third kappa shape index (κ3) is 3.91. The number of nitrogens with one attached hydrogen (secondary N) is 1. The summed E-state index contributed by atoms with van der Waals surface area (Å²) >= 11 is 0. The van der Waals surface area contributed by atoms with E-state index in [0.29, 0.717) is 13.0 Å². The van der Waals surface area contributed by atoms with Crippen LogP contribution in [0.5, 0.6) is 0 Å². The van der Waals surface area contributed by atoms with Gasteiger partial charge >= 0.3 is 6.09 Å². The number of ether oxygens (including phenoxy) is 1. The van der Waals surface area contributed by atoms with Gasteiger partial charge in [-0.25, -0.2) is 4.79 Å². The summed E-state index contributed by atoms with van der Waals surface area (Å²) in [6.07, 6.45) is 3.32. The topological polar surface area (TPSA) is 61.9 Å². The van der Waals surface area contributed by atoms with Gasteiger partial charge in [0, 0.05) is 39.1 Å². The van der Waals surface area contributed by atoms with Crippen LogP contribution in [-0.2, 0) is 9.53 Å². The molecular formula is C16H29N3O3. The van der Waals surface area contributed by atoms with E-state index >= 15 is 0 Å². The molecule has 0 saturated carbocycles. The minimum atomic E-state index is -0.458. The van der Waals surface area contributed by atoms with E-state index in [1.807, 2.05) is 25.7 Å². The average molecular weight is 311 g/mol. The molecule has 0 aliphatic carbocycles. The van der Waals surface area contributed by atoms with Gasteiger partial charge in [0.1, 0.15) is 5.60 Å². The highest BCUT2D eigenvalue weighted by atomic mass is 16.6. The molecule has 0 aromatic heterocycles. The predicted molar refractivity (Wildman–Crippen MR) is 84.6 cm³/mol. The summed E-state index contributed by atoms with van der Waals surface area (Å²) in [6, 6.07) is 0.762. The maximum absolute atomic E-state index is 12.4. The van der Waals surface area contributed by atoms with E-state index in [1.165, 1.54) is 0 Å². The van der Waals surface area contributed by atoms with Crippen LogP contribution in [0.3, 0.4) is 0 Å². The lowest BCUT2D eigenvalue weighted by Gasteiger charge is -2.28. The maximum Gasteiger partial charge on any atom is 0.410 e. The van der Waals surface area contributed by atoms with Crippen LogP contribution in [0.1, 0.15) is 46.5 Å². The number of rotatable bonds is 4. The first-order chi connectivity index (χ1) is 10.2. The standard InChI is InChI=1S/C16H29N3O3/c1-16(2,3)22-15(21)19-11-6-7-13(19)12(10-11)17-9-8-14(20)18(4)5/h11-13,17H,6-10H2,1-5H3/t11-,12?,13+/m1/s1. The van der Waals surface area contributed by atoms with Gasteiger partial charge in [-0.15, -0.1) is 0 Å². The van der Waals surface area contributed by atoms with E-state index in [0.717, 1.165) is 19.3 Å². The maximum atomic E-state index is 12.4. The van der Waals surface area contributed by atoms with Crippen molar-refractivity contribution in [2.45, 2.75) is 70.2 Å². The van der Waals surface area contributed by atoms with E-state index in [2.05, 4.69) is 5.32 Å². The molecule has 0 aromatic rings. The zero-order valence-electron chi connectivity index (χ0n) is 14.4. The van der Waals surface area contributed by atoms with Crippen molar-refractivity contribution >= 4 is 12.0 Å². The van der Waals surface area contributed by atoms with Gasteiger partial charge in [0.05, 0.1) is 6.04 Å². The largest absolute Gasteiger partial charge is 0.444 e. The van der Waals surface area contributed by atoms with Crippen LogP contribution >= 0.6 is 0 Å². The molecular weight excluding hydrogens is 282 g/mol. The molecule has 126 valence electrons. The van der Waals surface area contributed by atoms with Crippen LogP contribution in [-0.4, -0.2) is 66.2 Å². The second-order valence-corrected chi connectivity index (χ2v) is 7.52. The molecule has 1 N–H and O–H groups in total. The van der Waals surface area contributed by atoms with E-state index in [9.17, 15) is 9.59 Å². The lowest BCUT2D eigenvalue weighted by molar-refractivity contribution is -0.128. The smallest absolute Gasteiger partial charge is 0.410 e. The average Bonchev–Trinajstić information content (AvgIpc) is 2.93. The molecule has 0 spiro atoms. The molecule has 2 fully saturated rings. The number of carbonyl (C=O) groups excluding carboxylic acids is 2. The Hall–Kier alpha value is -1.30. The van der Waals surface area contributed by atoms with E-state index < -0.39 is 5.60 Å². The Labute approximate surface area is 133 Å². The van der Waals surface area contributed by atoms with Crippen molar-refractivity contribution in [3.05, 3.63) is 0 Å². The zero-order valence-corrected chi connectivity index (χ0v) is 14.4. The normalized spacial score (nSPS) is 27.1. The Morgan fingerprint density at radius 1 is 1.27 bits per heavy atom. The highest BCUT2D eigenvalue weighted by Gasteiger charge is 2.49. The number of fused-ring (bicyclic) bond motifs is 2. The molecule has 2 aliphatic heterocycles. The molecule has 2 heterocycles. The van der Waals surface area contributed by atoms with Crippen molar-refractivity contribution in [2.24, 2.45) is 0 Å². The van der Waals surface area contributed by atoms with Crippen LogP contribution in [0.25, 0.3) is 0 Å². The van der Waals surface area contributed by atoms with Gasteiger partial charge in [-0.05, 0) is 40.0 Å². The fourth-order valence-electron chi connectivity index (χ4n) is 3.40. The fourth-order valence-corrected chi connectivity index (χ4v) is 3.40. The molecule has 2 aliphatic rings. The van der Waals surface area contributed by atoms with Crippen LogP contribution in [0.15, 0.2) is 0 Å². The first kappa shape index (κ1) is 17.1. The molecule has 0 radical (unpaired) electrons. The van der Waals surface area contributed by atoms with Crippen molar-refractivity contribution in [3.63, 3.8) is 0 Å². The van der Waals surface area contributed by atoms with Crippen molar-refractivity contribution in [2.75, 3.05) is 20.6 Å². The van der Waals surface area contributed by atoms with E-state index in [-0.39, 0.29) is 30.1 Å². The number of hydrogen-bond acceptors (Lipinski definition) is 4. The van der Waals surface area contributed by atoms with Gasteiger partial charge in [-0.3, -0.25) is 4.79 Å². The van der Waals surface area contributed by atoms with E-state index in [4.69, 9.17) is 4.74 Å². The molecule has 2 saturated heterocycles. The second kappa shape index (κ2) is 6.44. The molecule has 0 aromatic carbocycles. The Kier molecular flexibility index (Phi) is 5.00. The Morgan fingerprint density at radius 2 is 1.95 bits per heavy atom. The highest BCUT2D eigenvalue weighted by Crippen LogP contribution is 2.38. The van der Waals surface area contributed by atoms with Gasteiger partial charge in [-0.2, -0.15) is 0 Å². The van der Waals surface area contributed by atoms with Gasteiger partial charge < -0.3 is 19.9 Å². The summed E-state index contributed by atoms with van der Waals surface area (Å²) in [7, 11) is 3.54. The third-order valence-corrected chi connectivity index (χ3v) is 4.39. The quantitative estimate of drug-likeness (QED) is 0.856. The minimum absolute atomic E-state index is 0.125. The number of hydrogen-bond donors (Lipinski definition) is 1. The molecule has 2 bridgehead atoms. The Balaban J connectivity index is 1.85. The van der Waals surface area contributed by atoms with E-state index in [1.54, 1.807) is 19.0 Å². The minimum Gasteiger partial charge on any atom is -0.444 e. The summed E-state index contributed by atoms with van der Waals surface area (Å²) in [5.74, 6) is 0.125. The van der Waals surface area contributed by atoms with Gasteiger partial charge in [0.2, 0.25) is 5.91 Å². The SMILES string of the molecule is CN(C)C(=O)CCNC1C[C@H]2CC[C@@H]1N2C(=O)OC(C)(C)C. The van der Waals surface area contributed by atoms with Crippen molar-refractivity contribution in [1.82, 2.24) is 15.1 Å². The van der Waals surface area contributed by atoms with Crippen LogP contribution in [0, 0.1) is 0 Å². The molecule has 2 amide bonds. The third-order valence-electron chi connectivity index (χ3n) is 4.39. The molecule has 6 nitrogen and oxygen atoms in total. The predicted octanol–water partition coefficient (Wildman–Crippen LogP) is 1.59. The first-order valence-electron chi connectivity index (χ1n) is 8.14. The van der Waals surface area contributed by atoms with Crippen molar-refractivity contribution in [1.29, 1.82) is 0 Å². The zero-order chi connectivity index (χ0) is 16.5. The highest BCUT2D eigenvalue weighted by molar-refractivity contribution is 5.75. The molecule has 6 heteroatoms. The summed E-state index contributed by atoms with van der Waals surface area (Å²) in [5.41, 5.74) is -0.458. The first-order valence-corrected chi connectivity index (χ1v) is 8.14. The van der Waals surface area contributed by atoms with Crippen molar-refractivity contribution < 1.29 is 14.3 Å².